The maximum Gasteiger partial charge on any atom is 0.0370 e. The number of hydrogen-bond acceptors (Lipinski definition) is 2. The molecule has 1 heterocycles. The molecule has 0 bridgehead atoms. The minimum absolute atomic E-state index is 0.225. The van der Waals surface area contributed by atoms with E-state index in [2.05, 4.69) is 75.6 Å². The summed E-state index contributed by atoms with van der Waals surface area (Å²) in [4.78, 5) is 5.11. The molecule has 112 valence electrons. The molecule has 0 unspecified atom stereocenters. The number of anilines is 1. The van der Waals surface area contributed by atoms with Crippen LogP contribution in [0.15, 0.2) is 24.3 Å². The zero-order chi connectivity index (χ0) is 15.0. The van der Waals surface area contributed by atoms with Crippen LogP contribution in [0.1, 0.15) is 47.1 Å². The first-order valence-electron chi connectivity index (χ1n) is 7.78. The van der Waals surface area contributed by atoms with E-state index in [0.29, 0.717) is 5.54 Å². The molecule has 0 amide bonds. The third kappa shape index (κ3) is 3.54. The first kappa shape index (κ1) is 15.4. The van der Waals surface area contributed by atoms with Crippen LogP contribution >= 0.6 is 0 Å². The fraction of sp³-hybridized carbons (Fsp3) is 0.667. The molecule has 1 aliphatic rings. The number of nitrogens with zero attached hydrogens (tertiary/aromatic N) is 2. The summed E-state index contributed by atoms with van der Waals surface area (Å²) in [6.07, 6.45) is 0. The second-order valence-electron chi connectivity index (χ2n) is 7.95. The van der Waals surface area contributed by atoms with E-state index < -0.39 is 0 Å². The molecule has 2 heteroatoms. The predicted octanol–water partition coefficient (Wildman–Crippen LogP) is 3.90. The second-order valence-corrected chi connectivity index (χ2v) is 7.95. The number of benzene rings is 1. The zero-order valence-corrected chi connectivity index (χ0v) is 14.0. The summed E-state index contributed by atoms with van der Waals surface area (Å²) < 4.78 is 0. The highest BCUT2D eigenvalue weighted by atomic mass is 15.3. The highest BCUT2D eigenvalue weighted by Gasteiger charge is 2.26. The lowest BCUT2D eigenvalue weighted by Crippen LogP contribution is -2.53. The molecule has 0 atom stereocenters. The molecular weight excluding hydrogens is 244 g/mol. The van der Waals surface area contributed by atoms with Gasteiger partial charge in [-0.15, -0.1) is 0 Å². The van der Waals surface area contributed by atoms with Gasteiger partial charge in [-0.3, -0.25) is 4.90 Å². The molecule has 2 nitrogen and oxygen atoms in total. The Morgan fingerprint density at radius 3 is 1.95 bits per heavy atom. The Labute approximate surface area is 124 Å². The highest BCUT2D eigenvalue weighted by Crippen LogP contribution is 2.27. The van der Waals surface area contributed by atoms with Gasteiger partial charge in [-0.2, -0.15) is 0 Å². The van der Waals surface area contributed by atoms with Crippen molar-refractivity contribution in [3.05, 3.63) is 29.8 Å². The fourth-order valence-corrected chi connectivity index (χ4v) is 2.80. The summed E-state index contributed by atoms with van der Waals surface area (Å²) in [6, 6.07) is 9.07. The minimum atomic E-state index is 0.225. The third-order valence-electron chi connectivity index (χ3n) is 4.31. The molecule has 2 rings (SSSR count). The van der Waals surface area contributed by atoms with E-state index in [1.54, 1.807) is 0 Å². The summed E-state index contributed by atoms with van der Waals surface area (Å²) in [5.74, 6) is 0. The maximum atomic E-state index is 2.58. The molecule has 0 saturated carbocycles. The van der Waals surface area contributed by atoms with Crippen LogP contribution in [-0.2, 0) is 5.41 Å². The summed E-state index contributed by atoms with van der Waals surface area (Å²) in [6.45, 7) is 18.3. The van der Waals surface area contributed by atoms with E-state index in [1.165, 1.54) is 11.3 Å². The molecule has 1 aliphatic heterocycles. The van der Waals surface area contributed by atoms with Gasteiger partial charge in [0.2, 0.25) is 0 Å². The maximum absolute atomic E-state index is 2.58. The van der Waals surface area contributed by atoms with Crippen LogP contribution in [0.5, 0.6) is 0 Å². The molecule has 1 saturated heterocycles. The summed E-state index contributed by atoms with van der Waals surface area (Å²) in [5, 5.41) is 0. The van der Waals surface area contributed by atoms with Crippen LogP contribution in [0, 0.1) is 0 Å². The van der Waals surface area contributed by atoms with Gasteiger partial charge < -0.3 is 4.90 Å². The van der Waals surface area contributed by atoms with E-state index in [-0.39, 0.29) is 5.41 Å². The summed E-state index contributed by atoms with van der Waals surface area (Å²) in [5.41, 5.74) is 3.32. The lowest BCUT2D eigenvalue weighted by atomic mass is 9.87. The van der Waals surface area contributed by atoms with Gasteiger partial charge in [-0.1, -0.05) is 32.9 Å². The molecule has 1 fully saturated rings. The Hall–Kier alpha value is -1.02. The van der Waals surface area contributed by atoms with Crippen LogP contribution in [-0.4, -0.2) is 36.6 Å². The Morgan fingerprint density at radius 1 is 0.850 bits per heavy atom. The van der Waals surface area contributed by atoms with Gasteiger partial charge in [0.25, 0.3) is 0 Å². The molecule has 0 radical (unpaired) electrons. The van der Waals surface area contributed by atoms with Gasteiger partial charge in [0.15, 0.2) is 0 Å². The van der Waals surface area contributed by atoms with Crippen LogP contribution in [0.25, 0.3) is 0 Å². The Morgan fingerprint density at radius 2 is 1.45 bits per heavy atom. The van der Waals surface area contributed by atoms with Crippen LogP contribution in [0.2, 0.25) is 0 Å². The SMILES string of the molecule is CC(C)(C)c1cccc(N2CCN(C(C)(C)C)CC2)c1. The van der Waals surface area contributed by atoms with Gasteiger partial charge in [0, 0.05) is 37.4 Å². The molecular formula is C18H30N2. The lowest BCUT2D eigenvalue weighted by Gasteiger charge is -2.43. The van der Waals surface area contributed by atoms with Crippen LogP contribution in [0.4, 0.5) is 5.69 Å². The van der Waals surface area contributed by atoms with Crippen molar-refractivity contribution in [2.24, 2.45) is 0 Å². The van der Waals surface area contributed by atoms with E-state index in [9.17, 15) is 0 Å². The molecule has 0 N–H and O–H groups in total. The molecule has 20 heavy (non-hydrogen) atoms. The van der Waals surface area contributed by atoms with Gasteiger partial charge in [-0.25, -0.2) is 0 Å². The molecule has 1 aromatic rings. The first-order chi connectivity index (χ1) is 9.18. The number of rotatable bonds is 1. The van der Waals surface area contributed by atoms with Crippen molar-refractivity contribution in [3.8, 4) is 0 Å². The standard InChI is InChI=1S/C18H30N2/c1-17(2,3)15-8-7-9-16(14-15)19-10-12-20(13-11-19)18(4,5)6/h7-9,14H,10-13H2,1-6H3. The minimum Gasteiger partial charge on any atom is -0.369 e. The average molecular weight is 274 g/mol. The summed E-state index contributed by atoms with van der Waals surface area (Å²) >= 11 is 0. The zero-order valence-electron chi connectivity index (χ0n) is 14.0. The van der Waals surface area contributed by atoms with Crippen molar-refractivity contribution in [2.75, 3.05) is 31.1 Å². The van der Waals surface area contributed by atoms with Gasteiger partial charge in [-0.05, 0) is 43.9 Å². The molecule has 0 aromatic heterocycles. The summed E-state index contributed by atoms with van der Waals surface area (Å²) in [7, 11) is 0. The molecule has 1 aromatic carbocycles. The smallest absolute Gasteiger partial charge is 0.0370 e. The average Bonchev–Trinajstić information content (AvgIpc) is 2.37. The molecule has 0 aliphatic carbocycles. The van der Waals surface area contributed by atoms with Crippen LogP contribution in [0.3, 0.4) is 0 Å². The van der Waals surface area contributed by atoms with Crippen molar-refractivity contribution in [3.63, 3.8) is 0 Å². The largest absolute Gasteiger partial charge is 0.369 e. The monoisotopic (exact) mass is 274 g/mol. The van der Waals surface area contributed by atoms with Gasteiger partial charge in [0.05, 0.1) is 0 Å². The van der Waals surface area contributed by atoms with E-state index in [4.69, 9.17) is 0 Å². The van der Waals surface area contributed by atoms with Crippen molar-refractivity contribution >= 4 is 5.69 Å². The van der Waals surface area contributed by atoms with Crippen LogP contribution < -0.4 is 4.90 Å². The van der Waals surface area contributed by atoms with E-state index in [0.717, 1.165) is 26.2 Å². The first-order valence-corrected chi connectivity index (χ1v) is 7.78. The molecule has 0 spiro atoms. The number of hydrogen-bond donors (Lipinski definition) is 0. The van der Waals surface area contributed by atoms with Gasteiger partial charge >= 0.3 is 0 Å². The Kier molecular flexibility index (Phi) is 4.15. The van der Waals surface area contributed by atoms with Crippen molar-refractivity contribution in [1.82, 2.24) is 4.90 Å². The van der Waals surface area contributed by atoms with Crippen molar-refractivity contribution < 1.29 is 0 Å². The fourth-order valence-electron chi connectivity index (χ4n) is 2.80. The van der Waals surface area contributed by atoms with Gasteiger partial charge in [0.1, 0.15) is 0 Å². The van der Waals surface area contributed by atoms with Crippen molar-refractivity contribution in [2.45, 2.75) is 52.5 Å². The normalized spacial score (nSPS) is 18.4. The Balaban J connectivity index is 2.08. The van der Waals surface area contributed by atoms with E-state index >= 15 is 0 Å². The Bertz CT molecular complexity index is 443. The third-order valence-corrected chi connectivity index (χ3v) is 4.31. The number of piperazine rings is 1. The highest BCUT2D eigenvalue weighted by molar-refractivity contribution is 5.50. The van der Waals surface area contributed by atoms with E-state index in [1.807, 2.05) is 0 Å². The van der Waals surface area contributed by atoms with Crippen molar-refractivity contribution in [1.29, 1.82) is 0 Å². The quantitative estimate of drug-likeness (QED) is 0.766. The lowest BCUT2D eigenvalue weighted by molar-refractivity contribution is 0.128. The topological polar surface area (TPSA) is 6.48 Å². The predicted molar refractivity (Wildman–Crippen MR) is 88.7 cm³/mol. The second kappa shape index (κ2) is 5.40.